The highest BCUT2D eigenvalue weighted by Crippen LogP contribution is 2.21. The third kappa shape index (κ3) is 2.60. The van der Waals surface area contributed by atoms with Crippen molar-refractivity contribution in [1.29, 1.82) is 0 Å². The number of carbonyl (C=O) groups excluding carboxylic acids is 1. The molecule has 0 bridgehead atoms. The molecule has 3 N–H and O–H groups in total. The van der Waals surface area contributed by atoms with Gasteiger partial charge in [0.15, 0.2) is 6.29 Å². The molecule has 1 aromatic rings. The number of terminal acetylenes is 1. The summed E-state index contributed by atoms with van der Waals surface area (Å²) in [6, 6.07) is 0. The first-order valence-corrected chi connectivity index (χ1v) is 4.57. The lowest BCUT2D eigenvalue weighted by molar-refractivity contribution is 0.112. The van der Waals surface area contributed by atoms with E-state index < -0.39 is 0 Å². The zero-order chi connectivity index (χ0) is 12.0. The second-order valence-corrected chi connectivity index (χ2v) is 2.85. The number of aldehydes is 1. The normalized spacial score (nSPS) is 9.25. The average molecular weight is 220 g/mol. The van der Waals surface area contributed by atoms with E-state index in [1.54, 1.807) is 0 Å². The number of methoxy groups -OCH3 is 1. The van der Waals surface area contributed by atoms with Gasteiger partial charge in [0.2, 0.25) is 11.8 Å². The zero-order valence-electron chi connectivity index (χ0n) is 8.86. The van der Waals surface area contributed by atoms with Crippen LogP contribution in [-0.4, -0.2) is 29.9 Å². The van der Waals surface area contributed by atoms with E-state index in [-0.39, 0.29) is 17.4 Å². The first kappa shape index (κ1) is 11.8. The Morgan fingerprint density at radius 2 is 2.38 bits per heavy atom. The number of nitrogens with zero attached hydrogens (tertiary/aromatic N) is 2. The minimum absolute atomic E-state index is 0.0330. The van der Waals surface area contributed by atoms with E-state index in [9.17, 15) is 4.79 Å². The van der Waals surface area contributed by atoms with Gasteiger partial charge in [-0.25, -0.2) is 0 Å². The Bertz CT molecular complexity index is 426. The van der Waals surface area contributed by atoms with Gasteiger partial charge in [0.25, 0.3) is 0 Å². The molecule has 0 aliphatic heterocycles. The van der Waals surface area contributed by atoms with Gasteiger partial charge in [-0.05, 0) is 0 Å². The van der Waals surface area contributed by atoms with Gasteiger partial charge < -0.3 is 15.8 Å². The lowest BCUT2D eigenvalue weighted by atomic mass is 10.3. The third-order valence-corrected chi connectivity index (χ3v) is 1.80. The van der Waals surface area contributed by atoms with Crippen molar-refractivity contribution < 1.29 is 9.53 Å². The topological polar surface area (TPSA) is 90.1 Å². The van der Waals surface area contributed by atoms with Crippen molar-refractivity contribution >= 4 is 18.1 Å². The van der Waals surface area contributed by atoms with Crippen LogP contribution in [0.15, 0.2) is 0 Å². The van der Waals surface area contributed by atoms with E-state index in [1.807, 2.05) is 0 Å². The SMILES string of the molecule is C#CCCNc1nc(N)nc(OC)c1C=O. The van der Waals surface area contributed by atoms with Gasteiger partial charge >= 0.3 is 0 Å². The molecule has 0 fully saturated rings. The Balaban J connectivity index is 3.01. The van der Waals surface area contributed by atoms with E-state index >= 15 is 0 Å². The average Bonchev–Trinajstić information content (AvgIpc) is 2.28. The van der Waals surface area contributed by atoms with Crippen LogP contribution in [0.2, 0.25) is 0 Å². The Morgan fingerprint density at radius 1 is 1.62 bits per heavy atom. The van der Waals surface area contributed by atoms with Crippen LogP contribution in [0.3, 0.4) is 0 Å². The van der Waals surface area contributed by atoms with Crippen LogP contribution in [0, 0.1) is 12.3 Å². The number of nitrogen functional groups attached to an aromatic ring is 1. The summed E-state index contributed by atoms with van der Waals surface area (Å²) in [4.78, 5) is 18.6. The summed E-state index contributed by atoms with van der Waals surface area (Å²) in [5.41, 5.74) is 5.69. The van der Waals surface area contributed by atoms with Crippen LogP contribution >= 0.6 is 0 Å². The predicted molar refractivity (Wildman–Crippen MR) is 60.3 cm³/mol. The summed E-state index contributed by atoms with van der Waals surface area (Å²) in [6.07, 6.45) is 6.23. The molecule has 1 rings (SSSR count). The minimum Gasteiger partial charge on any atom is -0.480 e. The molecule has 0 unspecified atom stereocenters. The molecule has 0 amide bonds. The summed E-state index contributed by atoms with van der Waals surface area (Å²) in [5, 5.41) is 2.90. The van der Waals surface area contributed by atoms with Gasteiger partial charge in [-0.2, -0.15) is 9.97 Å². The molecule has 0 saturated heterocycles. The zero-order valence-corrected chi connectivity index (χ0v) is 8.86. The van der Waals surface area contributed by atoms with Crippen LogP contribution in [0.25, 0.3) is 0 Å². The number of anilines is 2. The van der Waals surface area contributed by atoms with Crippen molar-refractivity contribution in [3.05, 3.63) is 5.56 Å². The van der Waals surface area contributed by atoms with E-state index in [4.69, 9.17) is 16.9 Å². The maximum atomic E-state index is 10.9. The Labute approximate surface area is 93.2 Å². The van der Waals surface area contributed by atoms with Crippen LogP contribution < -0.4 is 15.8 Å². The molecular weight excluding hydrogens is 208 g/mol. The number of rotatable bonds is 5. The number of ether oxygens (including phenoxy) is 1. The van der Waals surface area contributed by atoms with E-state index in [0.717, 1.165) is 0 Å². The number of nitrogens with two attached hydrogens (primary N) is 1. The maximum Gasteiger partial charge on any atom is 0.230 e. The quantitative estimate of drug-likeness (QED) is 0.422. The van der Waals surface area contributed by atoms with Crippen molar-refractivity contribution in [2.24, 2.45) is 0 Å². The standard InChI is InChI=1S/C10H12N4O2/c1-3-4-5-12-8-7(6-15)9(16-2)14-10(11)13-8/h1,6H,4-5H2,2H3,(H3,11,12,13,14). The molecule has 6 heteroatoms. The highest BCUT2D eigenvalue weighted by molar-refractivity contribution is 5.86. The summed E-state index contributed by atoms with van der Waals surface area (Å²) >= 11 is 0. The highest BCUT2D eigenvalue weighted by Gasteiger charge is 2.12. The molecule has 84 valence electrons. The first-order chi connectivity index (χ1) is 7.72. The smallest absolute Gasteiger partial charge is 0.230 e. The number of hydrogen-bond acceptors (Lipinski definition) is 6. The number of aromatic nitrogens is 2. The van der Waals surface area contributed by atoms with Crippen molar-refractivity contribution in [2.45, 2.75) is 6.42 Å². The summed E-state index contributed by atoms with van der Waals surface area (Å²) in [6.45, 7) is 0.497. The second kappa shape index (κ2) is 5.56. The van der Waals surface area contributed by atoms with Gasteiger partial charge in [-0.3, -0.25) is 4.79 Å². The molecule has 6 nitrogen and oxygen atoms in total. The maximum absolute atomic E-state index is 10.9. The Kier molecular flexibility index (Phi) is 4.09. The van der Waals surface area contributed by atoms with E-state index in [2.05, 4.69) is 21.2 Å². The molecule has 0 aliphatic rings. The van der Waals surface area contributed by atoms with Gasteiger partial charge in [-0.1, -0.05) is 0 Å². The fourth-order valence-electron chi connectivity index (χ4n) is 1.11. The van der Waals surface area contributed by atoms with Gasteiger partial charge in [0.1, 0.15) is 11.4 Å². The number of carbonyl (C=O) groups is 1. The monoisotopic (exact) mass is 220 g/mol. The predicted octanol–water partition coefficient (Wildman–Crippen LogP) is 0.315. The number of hydrogen-bond donors (Lipinski definition) is 2. The lowest BCUT2D eigenvalue weighted by Crippen LogP contribution is -2.10. The second-order valence-electron chi connectivity index (χ2n) is 2.85. The first-order valence-electron chi connectivity index (χ1n) is 4.57. The van der Waals surface area contributed by atoms with Crippen molar-refractivity contribution in [3.8, 4) is 18.2 Å². The Morgan fingerprint density at radius 3 is 2.94 bits per heavy atom. The summed E-state index contributed by atoms with van der Waals surface area (Å²) in [5.74, 6) is 2.97. The van der Waals surface area contributed by atoms with E-state index in [0.29, 0.717) is 25.1 Å². The molecule has 0 atom stereocenters. The van der Waals surface area contributed by atoms with Crippen LogP contribution in [0.5, 0.6) is 5.88 Å². The van der Waals surface area contributed by atoms with Crippen molar-refractivity contribution in [3.63, 3.8) is 0 Å². The molecule has 1 aromatic heterocycles. The van der Waals surface area contributed by atoms with Crippen LogP contribution in [-0.2, 0) is 0 Å². The molecule has 0 saturated carbocycles. The Hall–Kier alpha value is -2.29. The molecular formula is C10H12N4O2. The molecule has 0 radical (unpaired) electrons. The van der Waals surface area contributed by atoms with Gasteiger partial charge in [0.05, 0.1) is 7.11 Å². The fraction of sp³-hybridized carbons (Fsp3) is 0.300. The summed E-state index contributed by atoms with van der Waals surface area (Å²) in [7, 11) is 1.40. The van der Waals surface area contributed by atoms with E-state index in [1.165, 1.54) is 7.11 Å². The molecule has 16 heavy (non-hydrogen) atoms. The van der Waals surface area contributed by atoms with Crippen molar-refractivity contribution in [2.75, 3.05) is 24.7 Å². The minimum atomic E-state index is 0.0330. The van der Waals surface area contributed by atoms with Crippen LogP contribution in [0.1, 0.15) is 16.8 Å². The lowest BCUT2D eigenvalue weighted by Gasteiger charge is -2.09. The number of nitrogens with one attached hydrogen (secondary N) is 1. The largest absolute Gasteiger partial charge is 0.480 e. The summed E-state index contributed by atoms with van der Waals surface area (Å²) < 4.78 is 4.92. The molecule has 0 aliphatic carbocycles. The molecule has 0 spiro atoms. The fourth-order valence-corrected chi connectivity index (χ4v) is 1.11. The highest BCUT2D eigenvalue weighted by atomic mass is 16.5. The van der Waals surface area contributed by atoms with Gasteiger partial charge in [0, 0.05) is 13.0 Å². The third-order valence-electron chi connectivity index (χ3n) is 1.80. The van der Waals surface area contributed by atoms with Crippen LogP contribution in [0.4, 0.5) is 11.8 Å². The molecule has 0 aromatic carbocycles. The molecule has 1 heterocycles. The van der Waals surface area contributed by atoms with Gasteiger partial charge in [-0.15, -0.1) is 12.3 Å². The van der Waals surface area contributed by atoms with Crippen molar-refractivity contribution in [1.82, 2.24) is 9.97 Å².